The van der Waals surface area contributed by atoms with Crippen LogP contribution in [0.25, 0.3) is 0 Å². The van der Waals surface area contributed by atoms with Crippen molar-refractivity contribution in [3.63, 3.8) is 0 Å². The molecule has 1 fully saturated rings. The Bertz CT molecular complexity index is 628. The quantitative estimate of drug-likeness (QED) is 0.397. The highest BCUT2D eigenvalue weighted by molar-refractivity contribution is 5.80. The largest absolute Gasteiger partial charge is 0.497 e. The molecule has 1 aliphatic heterocycles. The highest BCUT2D eigenvalue weighted by atomic mass is 16.5. The molecule has 1 saturated heterocycles. The average Bonchev–Trinajstić information content (AvgIpc) is 3.13. The number of carbonyl (C=O) groups is 1. The molecule has 1 aromatic carbocycles. The molecule has 8 heteroatoms. The van der Waals surface area contributed by atoms with Crippen LogP contribution < -0.4 is 20.1 Å². The van der Waals surface area contributed by atoms with Crippen molar-refractivity contribution in [1.29, 1.82) is 0 Å². The maximum absolute atomic E-state index is 11.2. The van der Waals surface area contributed by atoms with Crippen molar-refractivity contribution >= 4 is 11.9 Å². The SMILES string of the molecule is CN=C(NCCC(=O)OC)NC1CCN(Cc2cc(OC)cc(OC)c2)C1. The zero-order valence-corrected chi connectivity index (χ0v) is 16.6. The fourth-order valence-electron chi connectivity index (χ4n) is 3.08. The molecule has 2 rings (SSSR count). The van der Waals surface area contributed by atoms with Crippen LogP contribution in [0.3, 0.4) is 0 Å². The lowest BCUT2D eigenvalue weighted by Gasteiger charge is -2.19. The topological polar surface area (TPSA) is 84.4 Å². The number of hydrogen-bond acceptors (Lipinski definition) is 6. The van der Waals surface area contributed by atoms with Gasteiger partial charge in [-0.05, 0) is 24.1 Å². The van der Waals surface area contributed by atoms with Gasteiger partial charge in [-0.25, -0.2) is 0 Å². The zero-order valence-electron chi connectivity index (χ0n) is 16.6. The first-order chi connectivity index (χ1) is 13.1. The monoisotopic (exact) mass is 378 g/mol. The molecule has 1 aliphatic rings. The highest BCUT2D eigenvalue weighted by Gasteiger charge is 2.23. The number of ether oxygens (including phenoxy) is 3. The predicted octanol–water partition coefficient (Wildman–Crippen LogP) is 1.01. The van der Waals surface area contributed by atoms with Crippen molar-refractivity contribution in [2.45, 2.75) is 25.4 Å². The van der Waals surface area contributed by atoms with Crippen LogP contribution in [-0.2, 0) is 16.1 Å². The third-order valence-corrected chi connectivity index (χ3v) is 4.50. The Balaban J connectivity index is 1.83. The molecule has 8 nitrogen and oxygen atoms in total. The van der Waals surface area contributed by atoms with Gasteiger partial charge < -0.3 is 24.8 Å². The van der Waals surface area contributed by atoms with Crippen molar-refractivity contribution in [1.82, 2.24) is 15.5 Å². The third-order valence-electron chi connectivity index (χ3n) is 4.50. The van der Waals surface area contributed by atoms with Crippen LogP contribution >= 0.6 is 0 Å². The second-order valence-electron chi connectivity index (χ2n) is 6.41. The van der Waals surface area contributed by atoms with Crippen LogP contribution in [0, 0.1) is 0 Å². The van der Waals surface area contributed by atoms with Gasteiger partial charge in [0, 0.05) is 45.3 Å². The Kier molecular flexibility index (Phi) is 8.19. The lowest BCUT2D eigenvalue weighted by atomic mass is 10.2. The number of esters is 1. The number of carbonyl (C=O) groups excluding carboxylic acids is 1. The van der Waals surface area contributed by atoms with E-state index in [2.05, 4.69) is 25.3 Å². The summed E-state index contributed by atoms with van der Waals surface area (Å²) in [5.41, 5.74) is 1.16. The predicted molar refractivity (Wildman–Crippen MR) is 104 cm³/mol. The Labute approximate surface area is 160 Å². The summed E-state index contributed by atoms with van der Waals surface area (Å²) >= 11 is 0. The Morgan fingerprint density at radius 3 is 2.52 bits per heavy atom. The molecule has 0 radical (unpaired) electrons. The van der Waals surface area contributed by atoms with Gasteiger partial charge in [-0.15, -0.1) is 0 Å². The highest BCUT2D eigenvalue weighted by Crippen LogP contribution is 2.24. The van der Waals surface area contributed by atoms with E-state index >= 15 is 0 Å². The van der Waals surface area contributed by atoms with E-state index in [9.17, 15) is 4.79 Å². The summed E-state index contributed by atoms with van der Waals surface area (Å²) in [6.07, 6.45) is 1.34. The van der Waals surface area contributed by atoms with Crippen LogP contribution in [-0.4, -0.2) is 70.9 Å². The van der Waals surface area contributed by atoms with E-state index < -0.39 is 0 Å². The van der Waals surface area contributed by atoms with E-state index in [4.69, 9.17) is 9.47 Å². The first-order valence-corrected chi connectivity index (χ1v) is 9.06. The molecule has 1 unspecified atom stereocenters. The van der Waals surface area contributed by atoms with Crippen molar-refractivity contribution in [2.75, 3.05) is 48.0 Å². The number of hydrogen-bond donors (Lipinski definition) is 2. The molecule has 1 atom stereocenters. The number of benzene rings is 1. The van der Waals surface area contributed by atoms with Gasteiger partial charge >= 0.3 is 5.97 Å². The van der Waals surface area contributed by atoms with E-state index in [1.165, 1.54) is 7.11 Å². The third kappa shape index (κ3) is 6.63. The van der Waals surface area contributed by atoms with Crippen molar-refractivity contribution in [3.05, 3.63) is 23.8 Å². The summed E-state index contributed by atoms with van der Waals surface area (Å²) in [4.78, 5) is 17.8. The molecular weight excluding hydrogens is 348 g/mol. The Morgan fingerprint density at radius 2 is 1.93 bits per heavy atom. The van der Waals surface area contributed by atoms with Crippen molar-refractivity contribution in [2.24, 2.45) is 4.99 Å². The first-order valence-electron chi connectivity index (χ1n) is 9.06. The number of methoxy groups -OCH3 is 3. The second-order valence-corrected chi connectivity index (χ2v) is 6.41. The summed E-state index contributed by atoms with van der Waals surface area (Å²) in [6, 6.07) is 6.26. The molecule has 27 heavy (non-hydrogen) atoms. The fourth-order valence-corrected chi connectivity index (χ4v) is 3.08. The number of aliphatic imine (C=N–C) groups is 1. The molecule has 2 N–H and O–H groups in total. The molecule has 1 aromatic rings. The van der Waals surface area contributed by atoms with Gasteiger partial charge in [0.15, 0.2) is 5.96 Å². The van der Waals surface area contributed by atoms with E-state index in [1.54, 1.807) is 21.3 Å². The molecule has 0 amide bonds. The number of nitrogens with one attached hydrogen (secondary N) is 2. The maximum atomic E-state index is 11.2. The van der Waals surface area contributed by atoms with Crippen LogP contribution in [0.4, 0.5) is 0 Å². The minimum absolute atomic E-state index is 0.237. The van der Waals surface area contributed by atoms with Gasteiger partial charge in [0.25, 0.3) is 0 Å². The standard InChI is InChI=1S/C19H30N4O4/c1-20-19(21-7-5-18(24)27-4)22-15-6-8-23(13-15)12-14-9-16(25-2)11-17(10-14)26-3/h9-11,15H,5-8,12-13H2,1-4H3,(H2,20,21,22). The summed E-state index contributed by atoms with van der Waals surface area (Å²) in [5.74, 6) is 2.06. The van der Waals surface area contributed by atoms with E-state index in [-0.39, 0.29) is 5.97 Å². The molecule has 0 bridgehead atoms. The smallest absolute Gasteiger partial charge is 0.307 e. The molecule has 0 saturated carbocycles. The maximum Gasteiger partial charge on any atom is 0.307 e. The van der Waals surface area contributed by atoms with Gasteiger partial charge in [-0.1, -0.05) is 0 Å². The van der Waals surface area contributed by atoms with Gasteiger partial charge in [0.05, 0.1) is 27.8 Å². The number of rotatable bonds is 8. The Hall–Kier alpha value is -2.48. The molecule has 150 valence electrons. The van der Waals surface area contributed by atoms with Crippen LogP contribution in [0.15, 0.2) is 23.2 Å². The zero-order chi connectivity index (χ0) is 19.6. The first kappa shape index (κ1) is 20.8. The van der Waals surface area contributed by atoms with Crippen LogP contribution in [0.5, 0.6) is 11.5 Å². The second kappa shape index (κ2) is 10.6. The van der Waals surface area contributed by atoms with Crippen LogP contribution in [0.1, 0.15) is 18.4 Å². The molecule has 0 aromatic heterocycles. The minimum Gasteiger partial charge on any atom is -0.497 e. The van der Waals surface area contributed by atoms with Gasteiger partial charge in [0.2, 0.25) is 0 Å². The van der Waals surface area contributed by atoms with Gasteiger partial charge in [0.1, 0.15) is 11.5 Å². The molecular formula is C19H30N4O4. The molecule has 0 spiro atoms. The van der Waals surface area contributed by atoms with Crippen molar-refractivity contribution < 1.29 is 19.0 Å². The summed E-state index contributed by atoms with van der Waals surface area (Å²) < 4.78 is 15.3. The number of likely N-dealkylation sites (tertiary alicyclic amines) is 1. The normalized spacial score (nSPS) is 17.5. The van der Waals surface area contributed by atoms with E-state index in [0.29, 0.717) is 25.0 Å². The lowest BCUT2D eigenvalue weighted by molar-refractivity contribution is -0.140. The molecule has 1 heterocycles. The van der Waals surface area contributed by atoms with Gasteiger partial charge in [-0.3, -0.25) is 14.7 Å². The summed E-state index contributed by atoms with van der Waals surface area (Å²) in [6.45, 7) is 3.24. The number of nitrogens with zero attached hydrogens (tertiary/aromatic N) is 2. The van der Waals surface area contributed by atoms with Crippen LogP contribution in [0.2, 0.25) is 0 Å². The average molecular weight is 378 g/mol. The molecule has 0 aliphatic carbocycles. The van der Waals surface area contributed by atoms with E-state index in [0.717, 1.165) is 43.1 Å². The summed E-state index contributed by atoms with van der Waals surface area (Å²) in [5, 5.41) is 6.56. The Morgan fingerprint density at radius 1 is 1.22 bits per heavy atom. The minimum atomic E-state index is -0.237. The lowest BCUT2D eigenvalue weighted by Crippen LogP contribution is -2.45. The number of guanidine groups is 1. The summed E-state index contributed by atoms with van der Waals surface area (Å²) in [7, 11) is 6.43. The fraction of sp³-hybridized carbons (Fsp3) is 0.579. The van der Waals surface area contributed by atoms with E-state index in [1.807, 2.05) is 18.2 Å². The van der Waals surface area contributed by atoms with Gasteiger partial charge in [-0.2, -0.15) is 0 Å². The van der Waals surface area contributed by atoms with Crippen molar-refractivity contribution in [3.8, 4) is 11.5 Å².